The zero-order valence-electron chi connectivity index (χ0n) is 9.17. The molecule has 0 saturated carbocycles. The number of hydrogen-bond donors (Lipinski definition) is 1. The molecule has 0 fully saturated rings. The average molecular weight is 209 g/mol. The fraction of sp³-hybridized carbons (Fsp3) is 0. The summed E-state index contributed by atoms with van der Waals surface area (Å²) in [7, 11) is -2.92. The van der Waals surface area contributed by atoms with Crippen LogP contribution in [0.1, 0.15) is 0 Å². The van der Waals surface area contributed by atoms with Gasteiger partial charge in [0.1, 0.15) is 0 Å². The van der Waals surface area contributed by atoms with Gasteiger partial charge in [-0.2, -0.15) is 0 Å². The molecule has 0 saturated heterocycles. The Morgan fingerprint density at radius 2 is 1.13 bits per heavy atom. The minimum atomic E-state index is -2.92. The summed E-state index contributed by atoms with van der Waals surface area (Å²) in [4.78, 5) is 0. The number of anilines is 1. The molecule has 68 valence electrons. The number of nitrogens with two attached hydrogens (primary N) is 1. The molecule has 0 aliphatic carbocycles. The van der Waals surface area contributed by atoms with Crippen LogP contribution in [0.3, 0.4) is 0 Å². The van der Waals surface area contributed by atoms with Crippen molar-refractivity contribution in [1.29, 1.82) is 0 Å². The van der Waals surface area contributed by atoms with E-state index in [1.165, 1.54) is 0 Å². The van der Waals surface area contributed by atoms with E-state index >= 15 is 0 Å². The maximum atomic E-state index is 8.42. The predicted octanol–water partition coefficient (Wildman–Crippen LogP) is -11.2. The van der Waals surface area contributed by atoms with Crippen LogP contribution < -0.4 is 77.4 Å². The molecule has 0 bridgehead atoms. The largest absolute Gasteiger partial charge is 1.00 e. The molecule has 15 heavy (non-hydrogen) atoms. The summed E-state index contributed by atoms with van der Waals surface area (Å²) >= 11 is 0. The van der Waals surface area contributed by atoms with E-state index in [9.17, 15) is 0 Å². The molecule has 1 rings (SSSR count). The summed E-state index contributed by atoms with van der Waals surface area (Å²) in [6.07, 6.45) is 0. The van der Waals surface area contributed by atoms with E-state index in [0.29, 0.717) is 0 Å². The molecule has 0 amide bonds. The summed E-state index contributed by atoms with van der Waals surface area (Å²) in [5, 5.41) is 25.2. The molecule has 0 atom stereocenters. The second-order valence-electron chi connectivity index (χ2n) is 1.70. The van der Waals surface area contributed by atoms with E-state index in [4.69, 9.17) is 20.8 Å². The van der Waals surface area contributed by atoms with Crippen molar-refractivity contribution in [2.75, 3.05) is 5.73 Å². The second kappa shape index (κ2) is 20.5. The van der Waals surface area contributed by atoms with Gasteiger partial charge in [-0.3, -0.25) is 7.32 Å². The van der Waals surface area contributed by atoms with Crippen molar-refractivity contribution in [2.24, 2.45) is 0 Å². The molecule has 0 aromatic heterocycles. The zero-order valence-corrected chi connectivity index (χ0v) is 9.99. The van der Waals surface area contributed by atoms with Crippen LogP contribution in [-0.4, -0.2) is 7.32 Å². The fourth-order valence-corrected chi connectivity index (χ4v) is 0.453. The van der Waals surface area contributed by atoms with Crippen LogP contribution in [-0.2, 0) is 0 Å². The number of benzene rings is 1. The summed E-state index contributed by atoms with van der Waals surface area (Å²) in [6.45, 7) is 0. The monoisotopic (exact) mass is 209 g/mol. The van der Waals surface area contributed by atoms with Gasteiger partial charge in [0.15, 0.2) is 0 Å². The molecular weight excluding hydrogens is 201 g/mol. The molecule has 0 aliphatic heterocycles. The minimum absolute atomic E-state index is 0. The van der Waals surface area contributed by atoms with Crippen molar-refractivity contribution in [1.82, 2.24) is 0 Å². The maximum absolute atomic E-state index is 8.42. The molecule has 1 aromatic carbocycles. The van der Waals surface area contributed by atoms with E-state index in [0.717, 1.165) is 5.69 Å². The normalized spacial score (nSPS) is 5.80. The number of para-hydroxylation sites is 1. The summed E-state index contributed by atoms with van der Waals surface area (Å²) in [5.41, 5.74) is 6.18. The van der Waals surface area contributed by atoms with E-state index in [1.54, 1.807) is 0 Å². The molecule has 0 radical (unpaired) electrons. The smallest absolute Gasteiger partial charge is 0.907 e. The Labute approximate surface area is 132 Å². The van der Waals surface area contributed by atoms with Gasteiger partial charge >= 0.3 is 56.6 Å². The minimum Gasteiger partial charge on any atom is -0.907 e. The van der Waals surface area contributed by atoms with Crippen molar-refractivity contribution in [3.8, 4) is 0 Å². The van der Waals surface area contributed by atoms with Crippen molar-refractivity contribution >= 4 is 25.4 Å². The van der Waals surface area contributed by atoms with Gasteiger partial charge in [0.2, 0.25) is 0 Å². The van der Waals surface area contributed by atoms with Crippen LogP contribution >= 0.6 is 12.4 Å². The third-order valence-corrected chi connectivity index (χ3v) is 0.800. The summed E-state index contributed by atoms with van der Waals surface area (Å²) in [6, 6.07) is 9.49. The Morgan fingerprint density at radius 3 is 1.27 bits per heavy atom. The maximum Gasteiger partial charge on any atom is 1.00 e. The second-order valence-corrected chi connectivity index (χ2v) is 1.70. The van der Waals surface area contributed by atoms with Crippen LogP contribution in [0.5, 0.6) is 0 Å². The summed E-state index contributed by atoms with van der Waals surface area (Å²) in [5.74, 6) is 0. The molecule has 0 spiro atoms. The van der Waals surface area contributed by atoms with Crippen LogP contribution in [0.2, 0.25) is 0 Å². The molecule has 0 heterocycles. The number of nitrogen functional groups attached to an aromatic ring is 1. The zero-order chi connectivity index (χ0) is 8.69. The van der Waals surface area contributed by atoms with Crippen molar-refractivity contribution in [2.45, 2.75) is 0 Å². The van der Waals surface area contributed by atoms with Gasteiger partial charge in [0.25, 0.3) is 0 Å². The molecule has 1 aromatic rings. The van der Waals surface area contributed by atoms with Crippen molar-refractivity contribution in [3.63, 3.8) is 0 Å². The van der Waals surface area contributed by atoms with E-state index in [2.05, 4.69) is 0 Å². The molecule has 4 nitrogen and oxygen atoms in total. The molecular formula is C6H8BClLi3NO3. The van der Waals surface area contributed by atoms with Gasteiger partial charge in [-0.1, -0.05) is 18.2 Å². The van der Waals surface area contributed by atoms with Gasteiger partial charge in [-0.05, 0) is 12.1 Å². The van der Waals surface area contributed by atoms with Gasteiger partial charge in [-0.15, -0.1) is 12.4 Å². The van der Waals surface area contributed by atoms with Gasteiger partial charge < -0.3 is 20.8 Å². The SMILES string of the molecule is Cl.Nc1ccccc1.[Li+].[Li+].[Li+].[O-]B([O-])[O-]. The van der Waals surface area contributed by atoms with E-state index in [-0.39, 0.29) is 69.0 Å². The first-order valence-electron chi connectivity index (χ1n) is 2.91. The predicted molar refractivity (Wildman–Crippen MR) is 43.9 cm³/mol. The molecule has 0 unspecified atom stereocenters. The van der Waals surface area contributed by atoms with Gasteiger partial charge in [0.05, 0.1) is 0 Å². The molecule has 2 N–H and O–H groups in total. The van der Waals surface area contributed by atoms with Crippen molar-refractivity contribution < 1.29 is 71.7 Å². The standard InChI is InChI=1S/C6H7N.BO3.ClH.3Li/c7-6-4-2-1-3-5-6;2-1(3)4;;;;/h1-5H,7H2;;1H;;;/q;-3;;3*+1. The van der Waals surface area contributed by atoms with Crippen LogP contribution in [0.25, 0.3) is 0 Å². The molecule has 0 aliphatic rings. The van der Waals surface area contributed by atoms with E-state index in [1.807, 2.05) is 30.3 Å². The first kappa shape index (κ1) is 29.8. The Hall–Kier alpha value is 1.05. The Kier molecular flexibility index (Phi) is 40.6. The first-order valence-corrected chi connectivity index (χ1v) is 2.91. The molecule has 9 heteroatoms. The Balaban J connectivity index is -0.0000000383. The van der Waals surface area contributed by atoms with Gasteiger partial charge in [-0.25, -0.2) is 0 Å². The number of halogens is 1. The fourth-order valence-electron chi connectivity index (χ4n) is 0.453. The third kappa shape index (κ3) is 31.3. The quantitative estimate of drug-likeness (QED) is 0.339. The van der Waals surface area contributed by atoms with Crippen LogP contribution in [0.15, 0.2) is 30.3 Å². The van der Waals surface area contributed by atoms with Crippen molar-refractivity contribution in [3.05, 3.63) is 30.3 Å². The number of hydrogen-bond acceptors (Lipinski definition) is 4. The van der Waals surface area contributed by atoms with Crippen LogP contribution in [0, 0.1) is 0 Å². The van der Waals surface area contributed by atoms with Gasteiger partial charge in [0, 0.05) is 5.69 Å². The van der Waals surface area contributed by atoms with E-state index < -0.39 is 7.32 Å². The number of rotatable bonds is 0. The Bertz CT molecular complexity index is 193. The summed E-state index contributed by atoms with van der Waals surface area (Å²) < 4.78 is 0. The first-order chi connectivity index (χ1) is 5.13. The van der Waals surface area contributed by atoms with Crippen LogP contribution in [0.4, 0.5) is 5.69 Å². The third-order valence-electron chi connectivity index (χ3n) is 0.800. The Morgan fingerprint density at radius 1 is 0.867 bits per heavy atom. The average Bonchev–Trinajstić information content (AvgIpc) is 1.87. The topological polar surface area (TPSA) is 95.2 Å².